The van der Waals surface area contributed by atoms with Gasteiger partial charge < -0.3 is 0 Å². The summed E-state index contributed by atoms with van der Waals surface area (Å²) in [4.78, 5) is 52.5. The molecule has 0 aliphatic heterocycles. The maximum Gasteiger partial charge on any atom is 0.137 e. The van der Waals surface area contributed by atoms with Gasteiger partial charge in [0.2, 0.25) is 0 Å². The number of ketones is 5. The van der Waals surface area contributed by atoms with Crippen LogP contribution in [0.15, 0.2) is 0 Å². The van der Waals surface area contributed by atoms with Crippen LogP contribution in [0.4, 0.5) is 0 Å². The van der Waals surface area contributed by atoms with Gasteiger partial charge in [0.05, 0.1) is 0 Å². The molecule has 0 heterocycles. The summed E-state index contributed by atoms with van der Waals surface area (Å²) in [5.74, 6) is 3.87. The number of Topliss-reactive ketones (excluding diaryl/α,β-unsaturated/α-hetero) is 5. The molecule has 0 bridgehead atoms. The van der Waals surface area contributed by atoms with Crippen LogP contribution < -0.4 is 0 Å². The quantitative estimate of drug-likeness (QED) is 0.296. The molecule has 39 heavy (non-hydrogen) atoms. The molecule has 0 aromatic carbocycles. The molecule has 0 unspecified atom stereocenters. The molecule has 0 atom stereocenters. The van der Waals surface area contributed by atoms with Crippen molar-refractivity contribution >= 4 is 28.9 Å². The molecule has 0 aliphatic carbocycles. The topological polar surface area (TPSA) is 85.3 Å². The fourth-order valence-electron chi connectivity index (χ4n) is 1.74. The van der Waals surface area contributed by atoms with Crippen LogP contribution in [-0.2, 0) is 24.0 Å². The number of rotatable bonds is 8. The van der Waals surface area contributed by atoms with Crippen molar-refractivity contribution in [1.29, 1.82) is 0 Å². The molecular weight excluding hydrogens is 488 g/mol. The minimum absolute atomic E-state index is 0.204. The van der Waals surface area contributed by atoms with Crippen molar-refractivity contribution in [2.45, 2.75) is 145 Å². The van der Waals surface area contributed by atoms with Crippen LogP contribution in [0.1, 0.15) is 145 Å². The third kappa shape index (κ3) is 53.4. The standard InChI is InChI=1S/2C7H14O.C6H12O.2C5H10O.C4H10/c2*1-5(2)7(8)6(3)4;1-4-6(7)5(2)3;2*1-4(2)5(3)6;1-4(2)3/h2*5-6H,1-4H3;5H,4H2,1-3H3;2*4H,1-3H3;4H,1-3H3. The first-order chi connectivity index (χ1) is 17.3. The number of hydrogen-bond donors (Lipinski definition) is 0. The maximum atomic E-state index is 10.8. The zero-order valence-corrected chi connectivity index (χ0v) is 29.9. The summed E-state index contributed by atoms with van der Waals surface area (Å²) in [6, 6.07) is 0. The first kappa shape index (κ1) is 50.2. The highest BCUT2D eigenvalue weighted by atomic mass is 16.1. The molecule has 0 N–H and O–H groups in total. The first-order valence-corrected chi connectivity index (χ1v) is 14.9. The van der Waals surface area contributed by atoms with E-state index in [1.54, 1.807) is 13.8 Å². The number of carbonyl (C=O) groups excluding carboxylic acids is 5. The Bertz CT molecular complexity index is 557. The van der Waals surface area contributed by atoms with E-state index in [4.69, 9.17) is 0 Å². The predicted octanol–water partition coefficient (Wildman–Crippen LogP) is 9.48. The lowest BCUT2D eigenvalue weighted by Gasteiger charge is -2.05. The first-order valence-electron chi connectivity index (χ1n) is 14.9. The van der Waals surface area contributed by atoms with Crippen LogP contribution in [0, 0.1) is 47.3 Å². The Morgan fingerprint density at radius 2 is 0.538 bits per heavy atom. The summed E-state index contributed by atoms with van der Waals surface area (Å²) >= 11 is 0. The SMILES string of the molecule is CC(=O)C(C)C.CC(=O)C(C)C.CC(C)C.CC(C)C(=O)C(C)C.CC(C)C(=O)C(C)C.CCC(=O)C(C)C. The average molecular weight is 559 g/mol. The minimum Gasteiger partial charge on any atom is -0.300 e. The number of hydrogen-bond acceptors (Lipinski definition) is 5. The fourth-order valence-corrected chi connectivity index (χ4v) is 1.74. The molecule has 0 saturated carbocycles. The monoisotopic (exact) mass is 559 g/mol. The molecule has 0 amide bonds. The van der Waals surface area contributed by atoms with Crippen LogP contribution >= 0.6 is 0 Å². The summed E-state index contributed by atoms with van der Waals surface area (Å²) in [7, 11) is 0. The van der Waals surface area contributed by atoms with Crippen molar-refractivity contribution in [2.75, 3.05) is 0 Å². The molecule has 0 spiro atoms. The van der Waals surface area contributed by atoms with Gasteiger partial charge in [-0.3, -0.25) is 24.0 Å². The van der Waals surface area contributed by atoms with Gasteiger partial charge in [0.1, 0.15) is 28.9 Å². The summed E-state index contributed by atoms with van der Waals surface area (Å²) in [6.07, 6.45) is 0.678. The third-order valence-electron chi connectivity index (χ3n) is 4.89. The molecule has 0 rings (SSSR count). The lowest BCUT2D eigenvalue weighted by molar-refractivity contribution is -0.125. The van der Waals surface area contributed by atoms with Crippen LogP contribution in [0.2, 0.25) is 0 Å². The van der Waals surface area contributed by atoms with Crippen molar-refractivity contribution in [2.24, 2.45) is 47.3 Å². The zero-order chi connectivity index (χ0) is 33.2. The van der Waals surface area contributed by atoms with Gasteiger partial charge in [-0.2, -0.15) is 0 Å². The van der Waals surface area contributed by atoms with Crippen molar-refractivity contribution < 1.29 is 24.0 Å². The van der Waals surface area contributed by atoms with E-state index in [0.29, 0.717) is 23.8 Å². The van der Waals surface area contributed by atoms with E-state index in [1.807, 2.05) is 104 Å². The van der Waals surface area contributed by atoms with E-state index in [2.05, 4.69) is 20.8 Å². The van der Waals surface area contributed by atoms with Crippen LogP contribution in [-0.4, -0.2) is 28.9 Å². The summed E-state index contributed by atoms with van der Waals surface area (Å²) in [6.45, 7) is 38.5. The molecule has 5 nitrogen and oxygen atoms in total. The summed E-state index contributed by atoms with van der Waals surface area (Å²) in [5.41, 5.74) is 0. The molecule has 0 radical (unpaired) electrons. The van der Waals surface area contributed by atoms with E-state index < -0.39 is 0 Å². The number of carbonyl (C=O) groups is 5. The van der Waals surface area contributed by atoms with Gasteiger partial charge in [-0.15, -0.1) is 0 Å². The second kappa shape index (κ2) is 30.9. The van der Waals surface area contributed by atoms with E-state index in [0.717, 1.165) is 5.92 Å². The highest BCUT2D eigenvalue weighted by Crippen LogP contribution is 2.04. The molecule has 0 aromatic heterocycles. The van der Waals surface area contributed by atoms with Gasteiger partial charge in [-0.25, -0.2) is 0 Å². The van der Waals surface area contributed by atoms with E-state index in [1.165, 1.54) is 0 Å². The largest absolute Gasteiger partial charge is 0.300 e. The second-order valence-corrected chi connectivity index (χ2v) is 12.7. The van der Waals surface area contributed by atoms with Gasteiger partial charge in [0, 0.05) is 47.8 Å². The molecule has 0 aromatic rings. The van der Waals surface area contributed by atoms with Crippen LogP contribution in [0.25, 0.3) is 0 Å². The summed E-state index contributed by atoms with van der Waals surface area (Å²) < 4.78 is 0. The molecule has 0 fully saturated rings. The van der Waals surface area contributed by atoms with Gasteiger partial charge >= 0.3 is 0 Å². The van der Waals surface area contributed by atoms with Crippen LogP contribution in [0.3, 0.4) is 0 Å². The highest BCUT2D eigenvalue weighted by Gasteiger charge is 2.10. The van der Waals surface area contributed by atoms with Crippen molar-refractivity contribution in [3.8, 4) is 0 Å². The molecule has 0 aliphatic rings. The van der Waals surface area contributed by atoms with Gasteiger partial charge in [0.15, 0.2) is 0 Å². The molecule has 0 saturated heterocycles. The zero-order valence-electron chi connectivity index (χ0n) is 29.9. The Labute approximate surface area is 245 Å². The van der Waals surface area contributed by atoms with E-state index in [9.17, 15) is 24.0 Å². The van der Waals surface area contributed by atoms with Crippen molar-refractivity contribution in [1.82, 2.24) is 0 Å². The maximum absolute atomic E-state index is 10.8. The Balaban J connectivity index is -0.0000000848. The predicted molar refractivity (Wildman–Crippen MR) is 171 cm³/mol. The normalized spacial score (nSPS) is 9.95. The lowest BCUT2D eigenvalue weighted by Crippen LogP contribution is -2.13. The Kier molecular flexibility index (Phi) is 39.8. The van der Waals surface area contributed by atoms with E-state index in [-0.39, 0.29) is 53.0 Å². The highest BCUT2D eigenvalue weighted by molar-refractivity contribution is 5.82. The van der Waals surface area contributed by atoms with Crippen molar-refractivity contribution in [3.05, 3.63) is 0 Å². The average Bonchev–Trinajstić information content (AvgIpc) is 2.78. The second-order valence-electron chi connectivity index (χ2n) is 12.7. The Morgan fingerprint density at radius 3 is 0.538 bits per heavy atom. The Hall–Kier alpha value is -1.65. The van der Waals surface area contributed by atoms with Gasteiger partial charge in [0.25, 0.3) is 0 Å². The van der Waals surface area contributed by atoms with E-state index >= 15 is 0 Å². The lowest BCUT2D eigenvalue weighted by atomic mass is 9.99. The molecule has 5 heteroatoms. The Morgan fingerprint density at radius 1 is 0.385 bits per heavy atom. The fraction of sp³-hybridized carbons (Fsp3) is 0.853. The van der Waals surface area contributed by atoms with Gasteiger partial charge in [-0.1, -0.05) is 125 Å². The summed E-state index contributed by atoms with van der Waals surface area (Å²) in [5, 5.41) is 0. The van der Waals surface area contributed by atoms with Gasteiger partial charge in [-0.05, 0) is 19.8 Å². The minimum atomic E-state index is 0.204. The van der Waals surface area contributed by atoms with Crippen LogP contribution in [0.5, 0.6) is 0 Å². The third-order valence-corrected chi connectivity index (χ3v) is 4.89. The molecule has 236 valence electrons. The van der Waals surface area contributed by atoms with Crippen molar-refractivity contribution in [3.63, 3.8) is 0 Å². The smallest absolute Gasteiger partial charge is 0.137 e. The molecular formula is C34H70O5.